The number of anilines is 1. The number of methoxy groups -OCH3 is 1. The Hall–Kier alpha value is -2.77. The molecule has 1 aromatic carbocycles. The average Bonchev–Trinajstić information content (AvgIpc) is 3.02. The fourth-order valence-electron chi connectivity index (χ4n) is 2.90. The molecule has 2 aliphatic rings. The molecule has 2 aliphatic heterocycles. The lowest BCUT2D eigenvalue weighted by Gasteiger charge is -2.22. The quantitative estimate of drug-likeness (QED) is 0.796. The minimum absolute atomic E-state index is 0.0914. The minimum Gasteiger partial charge on any atom is -0.486 e. The number of carbonyl (C=O) groups is 3. The first-order chi connectivity index (χ1) is 12.0. The summed E-state index contributed by atoms with van der Waals surface area (Å²) < 4.78 is 15.6. The highest BCUT2D eigenvalue weighted by Crippen LogP contribution is 2.35. The second-order valence-corrected chi connectivity index (χ2v) is 5.99. The molecule has 1 aromatic rings. The zero-order chi connectivity index (χ0) is 18.0. The highest BCUT2D eigenvalue weighted by molar-refractivity contribution is 6.01. The number of benzene rings is 1. The molecule has 0 radical (unpaired) electrons. The standard InChI is InChI=1S/C17H20N2O6/c1-10(17(22)23-2)18-16(21)11-7-15(20)19(9-11)12-3-4-13-14(8-12)25-6-5-24-13/h3-4,8,10-11H,5-7,9H2,1-2H3,(H,18,21)/t10-,11+/m0/s1. The van der Waals surface area contributed by atoms with Gasteiger partial charge in [-0.1, -0.05) is 0 Å². The number of hydrogen-bond acceptors (Lipinski definition) is 6. The number of rotatable bonds is 4. The number of amides is 2. The summed E-state index contributed by atoms with van der Waals surface area (Å²) in [4.78, 5) is 37.6. The predicted molar refractivity (Wildman–Crippen MR) is 87.5 cm³/mol. The summed E-state index contributed by atoms with van der Waals surface area (Å²) in [6, 6.07) is 4.51. The van der Waals surface area contributed by atoms with E-state index in [9.17, 15) is 14.4 Å². The van der Waals surface area contributed by atoms with Crippen LogP contribution in [-0.4, -0.2) is 50.7 Å². The molecule has 25 heavy (non-hydrogen) atoms. The van der Waals surface area contributed by atoms with Gasteiger partial charge in [0.2, 0.25) is 11.8 Å². The fraction of sp³-hybridized carbons (Fsp3) is 0.471. The highest BCUT2D eigenvalue weighted by Gasteiger charge is 2.36. The van der Waals surface area contributed by atoms with Crippen LogP contribution in [0.2, 0.25) is 0 Å². The molecule has 0 unspecified atom stereocenters. The van der Waals surface area contributed by atoms with Crippen molar-refractivity contribution < 1.29 is 28.6 Å². The molecular formula is C17H20N2O6. The van der Waals surface area contributed by atoms with Gasteiger partial charge in [-0.3, -0.25) is 9.59 Å². The Kier molecular flexibility index (Phi) is 4.78. The van der Waals surface area contributed by atoms with Crippen LogP contribution in [0.5, 0.6) is 11.5 Å². The summed E-state index contributed by atoms with van der Waals surface area (Å²) in [5.74, 6) is -0.311. The Labute approximate surface area is 145 Å². The van der Waals surface area contributed by atoms with Crippen LogP contribution < -0.4 is 19.7 Å². The molecule has 134 valence electrons. The predicted octanol–water partition coefficient (Wildman–Crippen LogP) is 0.488. The van der Waals surface area contributed by atoms with Gasteiger partial charge in [-0.05, 0) is 19.1 Å². The van der Waals surface area contributed by atoms with Gasteiger partial charge in [0.1, 0.15) is 19.3 Å². The Morgan fingerprint density at radius 3 is 2.72 bits per heavy atom. The summed E-state index contributed by atoms with van der Waals surface area (Å²) in [5.41, 5.74) is 0.658. The Morgan fingerprint density at radius 2 is 2.00 bits per heavy atom. The van der Waals surface area contributed by atoms with Crippen molar-refractivity contribution in [2.75, 3.05) is 31.8 Å². The number of nitrogens with zero attached hydrogens (tertiary/aromatic N) is 1. The number of nitrogens with one attached hydrogen (secondary N) is 1. The van der Waals surface area contributed by atoms with E-state index in [1.807, 2.05) is 0 Å². The van der Waals surface area contributed by atoms with Crippen molar-refractivity contribution in [2.45, 2.75) is 19.4 Å². The number of carbonyl (C=O) groups excluding carboxylic acids is 3. The average molecular weight is 348 g/mol. The van der Waals surface area contributed by atoms with Gasteiger partial charge in [-0.2, -0.15) is 0 Å². The molecule has 0 aliphatic carbocycles. The van der Waals surface area contributed by atoms with Crippen LogP contribution in [0.25, 0.3) is 0 Å². The summed E-state index contributed by atoms with van der Waals surface area (Å²) in [5, 5.41) is 2.58. The van der Waals surface area contributed by atoms with E-state index in [4.69, 9.17) is 9.47 Å². The zero-order valence-corrected chi connectivity index (χ0v) is 14.1. The molecule has 1 N–H and O–H groups in total. The lowest BCUT2D eigenvalue weighted by Crippen LogP contribution is -2.43. The molecule has 0 spiro atoms. The monoisotopic (exact) mass is 348 g/mol. The maximum Gasteiger partial charge on any atom is 0.328 e. The Morgan fingerprint density at radius 1 is 1.28 bits per heavy atom. The number of esters is 1. The topological polar surface area (TPSA) is 94.2 Å². The van der Waals surface area contributed by atoms with Gasteiger partial charge in [0.25, 0.3) is 0 Å². The van der Waals surface area contributed by atoms with E-state index in [0.29, 0.717) is 30.4 Å². The third-order valence-corrected chi connectivity index (χ3v) is 4.25. The number of ether oxygens (including phenoxy) is 3. The molecule has 8 heteroatoms. The Balaban J connectivity index is 1.68. The molecule has 2 atom stereocenters. The SMILES string of the molecule is COC(=O)[C@H](C)NC(=O)[C@@H]1CC(=O)N(c2ccc3c(c2)OCCO3)C1. The molecule has 2 heterocycles. The van der Waals surface area contributed by atoms with Crippen molar-refractivity contribution >= 4 is 23.5 Å². The lowest BCUT2D eigenvalue weighted by atomic mass is 10.1. The van der Waals surface area contributed by atoms with Crippen LogP contribution in [0, 0.1) is 5.92 Å². The molecule has 8 nitrogen and oxygen atoms in total. The van der Waals surface area contributed by atoms with Crippen molar-refractivity contribution in [1.29, 1.82) is 0 Å². The number of fused-ring (bicyclic) bond motifs is 1. The van der Waals surface area contributed by atoms with E-state index in [-0.39, 0.29) is 24.8 Å². The van der Waals surface area contributed by atoms with Crippen LogP contribution in [0.3, 0.4) is 0 Å². The van der Waals surface area contributed by atoms with Crippen molar-refractivity contribution in [2.24, 2.45) is 5.92 Å². The first-order valence-electron chi connectivity index (χ1n) is 8.08. The first kappa shape index (κ1) is 17.1. The van der Waals surface area contributed by atoms with Crippen molar-refractivity contribution in [3.8, 4) is 11.5 Å². The van der Waals surface area contributed by atoms with E-state index >= 15 is 0 Å². The van der Waals surface area contributed by atoms with Crippen LogP contribution >= 0.6 is 0 Å². The lowest BCUT2D eigenvalue weighted by molar-refractivity contribution is -0.144. The van der Waals surface area contributed by atoms with Gasteiger partial charge < -0.3 is 24.4 Å². The summed E-state index contributed by atoms with van der Waals surface area (Å²) in [6.07, 6.45) is 0.0914. The van der Waals surface area contributed by atoms with Crippen LogP contribution in [-0.2, 0) is 19.1 Å². The van der Waals surface area contributed by atoms with Gasteiger partial charge in [-0.25, -0.2) is 4.79 Å². The number of hydrogen-bond donors (Lipinski definition) is 1. The van der Waals surface area contributed by atoms with Crippen LogP contribution in [0.4, 0.5) is 5.69 Å². The van der Waals surface area contributed by atoms with Crippen molar-refractivity contribution in [3.05, 3.63) is 18.2 Å². The molecule has 0 aromatic heterocycles. The van der Waals surface area contributed by atoms with Gasteiger partial charge in [0, 0.05) is 24.7 Å². The molecule has 0 saturated carbocycles. The largest absolute Gasteiger partial charge is 0.486 e. The summed E-state index contributed by atoms with van der Waals surface area (Å²) in [7, 11) is 1.26. The zero-order valence-electron chi connectivity index (χ0n) is 14.1. The van der Waals surface area contributed by atoms with E-state index in [1.165, 1.54) is 7.11 Å². The molecule has 0 bridgehead atoms. The molecule has 1 saturated heterocycles. The van der Waals surface area contributed by atoms with Gasteiger partial charge in [-0.15, -0.1) is 0 Å². The maximum absolute atomic E-state index is 12.3. The summed E-state index contributed by atoms with van der Waals surface area (Å²) >= 11 is 0. The second kappa shape index (κ2) is 7.00. The maximum atomic E-state index is 12.3. The third kappa shape index (κ3) is 3.52. The summed E-state index contributed by atoms with van der Waals surface area (Å²) in [6.45, 7) is 2.74. The van der Waals surface area contributed by atoms with Gasteiger partial charge in [0.15, 0.2) is 11.5 Å². The second-order valence-electron chi connectivity index (χ2n) is 5.99. The van der Waals surface area contributed by atoms with Crippen LogP contribution in [0.15, 0.2) is 18.2 Å². The molecular weight excluding hydrogens is 328 g/mol. The minimum atomic E-state index is -0.754. The van der Waals surface area contributed by atoms with Gasteiger partial charge >= 0.3 is 5.97 Å². The fourth-order valence-corrected chi connectivity index (χ4v) is 2.90. The van der Waals surface area contributed by atoms with Crippen molar-refractivity contribution in [3.63, 3.8) is 0 Å². The van der Waals surface area contributed by atoms with Gasteiger partial charge in [0.05, 0.1) is 13.0 Å². The molecule has 3 rings (SSSR count). The molecule has 2 amide bonds. The normalized spacial score (nSPS) is 20.2. The highest BCUT2D eigenvalue weighted by atomic mass is 16.6. The van der Waals surface area contributed by atoms with Crippen molar-refractivity contribution in [1.82, 2.24) is 5.32 Å². The van der Waals surface area contributed by atoms with E-state index in [1.54, 1.807) is 30.0 Å². The van der Waals surface area contributed by atoms with E-state index in [0.717, 1.165) is 0 Å². The Bertz CT molecular complexity index is 704. The van der Waals surface area contributed by atoms with E-state index in [2.05, 4.69) is 10.1 Å². The smallest absolute Gasteiger partial charge is 0.328 e. The van der Waals surface area contributed by atoms with Crippen LogP contribution in [0.1, 0.15) is 13.3 Å². The first-order valence-corrected chi connectivity index (χ1v) is 8.08. The van der Waals surface area contributed by atoms with E-state index < -0.39 is 17.9 Å². The molecule has 1 fully saturated rings. The third-order valence-electron chi connectivity index (χ3n) is 4.25.